The van der Waals surface area contributed by atoms with Gasteiger partial charge in [-0.3, -0.25) is 14.3 Å². The molecule has 1 amide bonds. The van der Waals surface area contributed by atoms with E-state index in [1.807, 2.05) is 36.4 Å². The Morgan fingerprint density at radius 2 is 1.59 bits per heavy atom. The SMILES string of the molecule is O=C1c2c(O)c(=O)cnn2C(C(c2ccccc2)c2ccccc2)[C@@H]2CCCN12. The average Bonchev–Trinajstić information content (AvgIpc) is 3.25. The van der Waals surface area contributed by atoms with Gasteiger partial charge in [0.15, 0.2) is 11.4 Å². The van der Waals surface area contributed by atoms with Gasteiger partial charge in [-0.25, -0.2) is 0 Å². The van der Waals surface area contributed by atoms with Gasteiger partial charge >= 0.3 is 0 Å². The monoisotopic (exact) mass is 387 g/mol. The van der Waals surface area contributed by atoms with Gasteiger partial charge in [0.1, 0.15) is 0 Å². The van der Waals surface area contributed by atoms with Gasteiger partial charge in [0.2, 0.25) is 5.43 Å². The van der Waals surface area contributed by atoms with E-state index < -0.39 is 11.2 Å². The number of nitrogens with zero attached hydrogens (tertiary/aromatic N) is 3. The Labute approximate surface area is 168 Å². The van der Waals surface area contributed by atoms with Crippen LogP contribution in [0.1, 0.15) is 46.4 Å². The molecule has 2 aliphatic rings. The van der Waals surface area contributed by atoms with Crippen LogP contribution in [0.2, 0.25) is 0 Å². The molecule has 2 aliphatic heterocycles. The predicted molar refractivity (Wildman–Crippen MR) is 108 cm³/mol. The van der Waals surface area contributed by atoms with Gasteiger partial charge in [-0.2, -0.15) is 5.10 Å². The topological polar surface area (TPSA) is 75.4 Å². The van der Waals surface area contributed by atoms with Crippen LogP contribution in [0.15, 0.2) is 71.7 Å². The summed E-state index contributed by atoms with van der Waals surface area (Å²) in [5, 5.41) is 14.8. The van der Waals surface area contributed by atoms with Crippen molar-refractivity contribution in [3.05, 3.63) is 93.9 Å². The van der Waals surface area contributed by atoms with Crippen molar-refractivity contribution in [2.45, 2.75) is 30.8 Å². The summed E-state index contributed by atoms with van der Waals surface area (Å²) in [4.78, 5) is 26.9. The number of hydrogen-bond acceptors (Lipinski definition) is 4. The van der Waals surface area contributed by atoms with Gasteiger partial charge in [0, 0.05) is 12.5 Å². The molecule has 1 aromatic heterocycles. The van der Waals surface area contributed by atoms with Crippen molar-refractivity contribution in [2.75, 3.05) is 6.54 Å². The Balaban J connectivity index is 1.78. The second-order valence-corrected chi connectivity index (χ2v) is 7.65. The molecule has 0 saturated carbocycles. The van der Waals surface area contributed by atoms with Crippen LogP contribution in [0.3, 0.4) is 0 Å². The predicted octanol–water partition coefficient (Wildman–Crippen LogP) is 2.94. The maximum Gasteiger partial charge on any atom is 0.276 e. The zero-order valence-corrected chi connectivity index (χ0v) is 15.8. The number of aromatic hydroxyl groups is 1. The van der Waals surface area contributed by atoms with Gasteiger partial charge < -0.3 is 10.0 Å². The van der Waals surface area contributed by atoms with Crippen molar-refractivity contribution in [3.8, 4) is 5.75 Å². The molecule has 1 fully saturated rings. The Morgan fingerprint density at radius 3 is 2.21 bits per heavy atom. The molecule has 146 valence electrons. The molecule has 1 unspecified atom stereocenters. The quantitative estimate of drug-likeness (QED) is 0.750. The van der Waals surface area contributed by atoms with Crippen molar-refractivity contribution in [3.63, 3.8) is 0 Å². The van der Waals surface area contributed by atoms with Crippen molar-refractivity contribution < 1.29 is 9.90 Å². The number of amides is 1. The Hall–Kier alpha value is -3.41. The van der Waals surface area contributed by atoms with Gasteiger partial charge in [-0.1, -0.05) is 60.7 Å². The molecular formula is C23H21N3O3. The first-order valence-corrected chi connectivity index (χ1v) is 9.88. The second kappa shape index (κ2) is 6.88. The first kappa shape index (κ1) is 17.7. The summed E-state index contributed by atoms with van der Waals surface area (Å²) in [6.45, 7) is 0.624. The minimum Gasteiger partial charge on any atom is -0.502 e. The van der Waals surface area contributed by atoms with E-state index in [0.29, 0.717) is 6.54 Å². The molecule has 1 saturated heterocycles. The first-order valence-electron chi connectivity index (χ1n) is 9.88. The van der Waals surface area contributed by atoms with Gasteiger partial charge in [0.05, 0.1) is 18.3 Å². The van der Waals surface area contributed by atoms with Gasteiger partial charge in [0.25, 0.3) is 5.91 Å². The summed E-state index contributed by atoms with van der Waals surface area (Å²) in [6, 6.07) is 20.0. The number of benzene rings is 2. The summed E-state index contributed by atoms with van der Waals surface area (Å²) < 4.78 is 1.59. The zero-order chi connectivity index (χ0) is 20.0. The molecule has 29 heavy (non-hydrogen) atoms. The lowest BCUT2D eigenvalue weighted by Crippen LogP contribution is -2.50. The highest BCUT2D eigenvalue weighted by atomic mass is 16.3. The Bertz CT molecular complexity index is 1070. The van der Waals surface area contributed by atoms with E-state index in [-0.39, 0.29) is 29.6 Å². The molecule has 6 heteroatoms. The molecule has 0 aliphatic carbocycles. The summed E-state index contributed by atoms with van der Waals surface area (Å²) in [7, 11) is 0. The van der Waals surface area contributed by atoms with Crippen molar-refractivity contribution in [1.29, 1.82) is 0 Å². The van der Waals surface area contributed by atoms with Crippen molar-refractivity contribution in [2.24, 2.45) is 0 Å². The number of hydrogen-bond donors (Lipinski definition) is 1. The Kier molecular flexibility index (Phi) is 4.19. The van der Waals surface area contributed by atoms with Crippen LogP contribution in [0.4, 0.5) is 0 Å². The zero-order valence-electron chi connectivity index (χ0n) is 15.8. The molecule has 6 nitrogen and oxygen atoms in total. The number of carbonyl (C=O) groups excluding carboxylic acids is 1. The molecule has 0 spiro atoms. The summed E-state index contributed by atoms with van der Waals surface area (Å²) in [5.74, 6) is -0.907. The van der Waals surface area contributed by atoms with Crippen LogP contribution in [-0.2, 0) is 0 Å². The molecule has 5 rings (SSSR count). The lowest BCUT2D eigenvalue weighted by atomic mass is 9.80. The molecule has 2 aromatic carbocycles. The maximum absolute atomic E-state index is 13.1. The van der Waals surface area contributed by atoms with E-state index in [2.05, 4.69) is 29.4 Å². The smallest absolute Gasteiger partial charge is 0.276 e. The summed E-state index contributed by atoms with van der Waals surface area (Å²) in [6.07, 6.45) is 2.86. The van der Waals surface area contributed by atoms with Crippen LogP contribution < -0.4 is 5.43 Å². The fourth-order valence-electron chi connectivity index (χ4n) is 4.85. The summed E-state index contributed by atoms with van der Waals surface area (Å²) in [5.41, 5.74) is 1.58. The van der Waals surface area contributed by atoms with Crippen LogP contribution in [-0.4, -0.2) is 38.3 Å². The van der Waals surface area contributed by atoms with Crippen molar-refractivity contribution in [1.82, 2.24) is 14.7 Å². The van der Waals surface area contributed by atoms with Gasteiger partial charge in [-0.05, 0) is 24.0 Å². The largest absolute Gasteiger partial charge is 0.502 e. The number of fused-ring (bicyclic) bond motifs is 2. The third-order valence-electron chi connectivity index (χ3n) is 6.08. The van der Waals surface area contributed by atoms with E-state index in [1.165, 1.54) is 0 Å². The third kappa shape index (κ3) is 2.75. The minimum atomic E-state index is -0.628. The molecule has 2 atom stereocenters. The lowest BCUT2D eigenvalue weighted by molar-refractivity contribution is 0.0565. The van der Waals surface area contributed by atoms with Crippen LogP contribution in [0, 0.1) is 0 Å². The Morgan fingerprint density at radius 1 is 0.966 bits per heavy atom. The maximum atomic E-state index is 13.1. The van der Waals surface area contributed by atoms with E-state index in [1.54, 1.807) is 9.58 Å². The minimum absolute atomic E-state index is 0.00230. The van der Waals surface area contributed by atoms with Crippen molar-refractivity contribution >= 4 is 5.91 Å². The molecule has 3 heterocycles. The molecular weight excluding hydrogens is 366 g/mol. The highest BCUT2D eigenvalue weighted by Gasteiger charge is 2.47. The van der Waals surface area contributed by atoms with E-state index >= 15 is 0 Å². The van der Waals surface area contributed by atoms with Crippen LogP contribution >= 0.6 is 0 Å². The normalized spacial score (nSPS) is 20.6. The second-order valence-electron chi connectivity index (χ2n) is 7.65. The number of rotatable bonds is 3. The fraction of sp³-hybridized carbons (Fsp3) is 0.261. The van der Waals surface area contributed by atoms with E-state index in [9.17, 15) is 14.7 Å². The molecule has 0 radical (unpaired) electrons. The lowest BCUT2D eigenvalue weighted by Gasteiger charge is -2.42. The van der Waals surface area contributed by atoms with E-state index in [0.717, 1.165) is 30.2 Å². The highest BCUT2D eigenvalue weighted by Crippen LogP contribution is 2.45. The number of aromatic nitrogens is 2. The third-order valence-corrected chi connectivity index (χ3v) is 6.08. The fourth-order valence-corrected chi connectivity index (χ4v) is 4.85. The first-order chi connectivity index (χ1) is 14.2. The standard InChI is InChI=1S/C23H21N3O3/c27-18-14-24-26-20(17-12-7-13-25(17)23(29)21(26)22(18)28)19(15-8-3-1-4-9-15)16-10-5-2-6-11-16/h1-6,8-11,14,17,19-20,28H,7,12-13H2/t17-,20?/m0/s1. The highest BCUT2D eigenvalue weighted by molar-refractivity contribution is 5.96. The molecule has 3 aromatic rings. The van der Waals surface area contributed by atoms with E-state index in [4.69, 9.17) is 0 Å². The van der Waals surface area contributed by atoms with Crippen LogP contribution in [0.25, 0.3) is 0 Å². The molecule has 1 N–H and O–H groups in total. The van der Waals surface area contributed by atoms with Crippen LogP contribution in [0.5, 0.6) is 5.75 Å². The number of carbonyl (C=O) groups is 1. The van der Waals surface area contributed by atoms with Gasteiger partial charge in [-0.15, -0.1) is 0 Å². The summed E-state index contributed by atoms with van der Waals surface area (Å²) >= 11 is 0. The average molecular weight is 387 g/mol. The molecule has 0 bridgehead atoms.